The topological polar surface area (TPSA) is 66.8 Å². The largest absolute Gasteiger partial charge is 0.478 e. The van der Waals surface area contributed by atoms with Crippen LogP contribution < -0.4 is 0 Å². The van der Waals surface area contributed by atoms with Gasteiger partial charge in [0.2, 0.25) is 0 Å². The minimum absolute atomic E-state index is 0.0730. The van der Waals surface area contributed by atoms with Crippen molar-refractivity contribution in [2.75, 3.05) is 6.54 Å². The predicted octanol–water partition coefficient (Wildman–Crippen LogP) is 3.40. The number of alkyl halides is 1. The SMILES string of the molecule is CC(C)(C)OC(=O)N1CC(F)CC1c1ccccc1C(=O)O. The highest BCUT2D eigenvalue weighted by Gasteiger charge is 2.39. The van der Waals surface area contributed by atoms with Crippen LogP contribution >= 0.6 is 0 Å². The van der Waals surface area contributed by atoms with Gasteiger partial charge in [0.25, 0.3) is 0 Å². The number of carbonyl (C=O) groups excluding carboxylic acids is 1. The second-order valence-corrected chi connectivity index (χ2v) is 6.37. The summed E-state index contributed by atoms with van der Waals surface area (Å²) in [6, 6.07) is 5.73. The molecule has 2 unspecified atom stereocenters. The van der Waals surface area contributed by atoms with E-state index in [-0.39, 0.29) is 18.5 Å². The molecular formula is C16H20FNO4. The molecule has 1 saturated heterocycles. The van der Waals surface area contributed by atoms with E-state index in [0.29, 0.717) is 5.56 Å². The van der Waals surface area contributed by atoms with Gasteiger partial charge in [-0.3, -0.25) is 4.90 Å². The number of amides is 1. The average molecular weight is 309 g/mol. The number of carboxylic acids is 1. The van der Waals surface area contributed by atoms with E-state index in [0.717, 1.165) is 0 Å². The molecule has 1 fully saturated rings. The summed E-state index contributed by atoms with van der Waals surface area (Å²) in [5, 5.41) is 9.27. The summed E-state index contributed by atoms with van der Waals surface area (Å²) in [4.78, 5) is 24.9. The van der Waals surface area contributed by atoms with Gasteiger partial charge in [-0.05, 0) is 32.4 Å². The van der Waals surface area contributed by atoms with E-state index in [1.807, 2.05) is 0 Å². The molecule has 22 heavy (non-hydrogen) atoms. The Morgan fingerprint density at radius 2 is 1.95 bits per heavy atom. The first-order valence-corrected chi connectivity index (χ1v) is 7.15. The first-order chi connectivity index (χ1) is 10.2. The van der Waals surface area contributed by atoms with Crippen molar-refractivity contribution in [3.63, 3.8) is 0 Å². The lowest BCUT2D eigenvalue weighted by Crippen LogP contribution is -2.37. The molecule has 1 N–H and O–H groups in total. The molecule has 0 bridgehead atoms. The number of likely N-dealkylation sites (tertiary alicyclic amines) is 1. The smallest absolute Gasteiger partial charge is 0.410 e. The molecule has 1 aliphatic heterocycles. The van der Waals surface area contributed by atoms with Crippen LogP contribution in [-0.4, -0.2) is 40.4 Å². The molecule has 0 radical (unpaired) electrons. The quantitative estimate of drug-likeness (QED) is 0.909. The van der Waals surface area contributed by atoms with Crippen molar-refractivity contribution in [2.24, 2.45) is 0 Å². The summed E-state index contributed by atoms with van der Waals surface area (Å²) >= 11 is 0. The highest BCUT2D eigenvalue weighted by atomic mass is 19.1. The molecule has 6 heteroatoms. The van der Waals surface area contributed by atoms with Gasteiger partial charge in [0.1, 0.15) is 11.8 Å². The van der Waals surface area contributed by atoms with E-state index in [1.54, 1.807) is 39.0 Å². The Kier molecular flexibility index (Phi) is 4.39. The molecule has 1 aromatic carbocycles. The van der Waals surface area contributed by atoms with Crippen molar-refractivity contribution in [3.05, 3.63) is 35.4 Å². The standard InChI is InChI=1S/C16H20FNO4/c1-16(2,3)22-15(21)18-9-10(17)8-13(18)11-6-4-5-7-12(11)14(19)20/h4-7,10,13H,8-9H2,1-3H3,(H,19,20). The number of carbonyl (C=O) groups is 2. The molecule has 0 saturated carbocycles. The molecule has 1 aromatic rings. The summed E-state index contributed by atoms with van der Waals surface area (Å²) < 4.78 is 19.1. The van der Waals surface area contributed by atoms with Crippen molar-refractivity contribution in [2.45, 2.75) is 45.0 Å². The van der Waals surface area contributed by atoms with Crippen molar-refractivity contribution >= 4 is 12.1 Å². The maximum absolute atomic E-state index is 13.8. The van der Waals surface area contributed by atoms with E-state index < -0.39 is 29.9 Å². The van der Waals surface area contributed by atoms with Crippen LogP contribution in [0, 0.1) is 0 Å². The first-order valence-electron chi connectivity index (χ1n) is 7.15. The van der Waals surface area contributed by atoms with E-state index >= 15 is 0 Å². The fourth-order valence-electron chi connectivity index (χ4n) is 2.58. The minimum atomic E-state index is -1.20. The van der Waals surface area contributed by atoms with Crippen molar-refractivity contribution in [1.29, 1.82) is 0 Å². The van der Waals surface area contributed by atoms with Gasteiger partial charge in [-0.15, -0.1) is 0 Å². The van der Waals surface area contributed by atoms with Gasteiger partial charge in [0, 0.05) is 6.42 Å². The molecule has 0 spiro atoms. The lowest BCUT2D eigenvalue weighted by atomic mass is 9.98. The van der Waals surface area contributed by atoms with Crippen LogP contribution in [0.5, 0.6) is 0 Å². The number of aromatic carboxylic acids is 1. The van der Waals surface area contributed by atoms with Crippen LogP contribution in [0.4, 0.5) is 9.18 Å². The Hall–Kier alpha value is -2.11. The fraction of sp³-hybridized carbons (Fsp3) is 0.500. The molecule has 5 nitrogen and oxygen atoms in total. The third kappa shape index (κ3) is 3.55. The Labute approximate surface area is 128 Å². The highest BCUT2D eigenvalue weighted by Crippen LogP contribution is 2.36. The number of ether oxygens (including phenoxy) is 1. The van der Waals surface area contributed by atoms with Crippen LogP contribution in [0.2, 0.25) is 0 Å². The predicted molar refractivity (Wildman–Crippen MR) is 78.6 cm³/mol. The van der Waals surface area contributed by atoms with Crippen LogP contribution in [0.1, 0.15) is 49.2 Å². The van der Waals surface area contributed by atoms with Crippen LogP contribution in [0.15, 0.2) is 24.3 Å². The van der Waals surface area contributed by atoms with E-state index in [9.17, 15) is 19.1 Å². The number of halogens is 1. The molecule has 1 amide bonds. The monoisotopic (exact) mass is 309 g/mol. The van der Waals surface area contributed by atoms with E-state index in [2.05, 4.69) is 0 Å². The van der Waals surface area contributed by atoms with E-state index in [1.165, 1.54) is 11.0 Å². The Morgan fingerprint density at radius 3 is 2.55 bits per heavy atom. The third-order valence-electron chi connectivity index (χ3n) is 3.43. The second kappa shape index (κ2) is 5.94. The van der Waals surface area contributed by atoms with Gasteiger partial charge in [0.05, 0.1) is 18.2 Å². The zero-order valence-electron chi connectivity index (χ0n) is 12.9. The second-order valence-electron chi connectivity index (χ2n) is 6.37. The number of hydrogen-bond acceptors (Lipinski definition) is 3. The summed E-state index contributed by atoms with van der Waals surface area (Å²) in [6.45, 7) is 5.10. The average Bonchev–Trinajstić information content (AvgIpc) is 2.79. The molecule has 120 valence electrons. The van der Waals surface area contributed by atoms with Crippen molar-refractivity contribution in [3.8, 4) is 0 Å². The highest BCUT2D eigenvalue weighted by molar-refractivity contribution is 5.89. The summed E-state index contributed by atoms with van der Waals surface area (Å²) in [6.07, 6.45) is -1.75. The lowest BCUT2D eigenvalue weighted by molar-refractivity contribution is 0.0214. The van der Waals surface area contributed by atoms with Gasteiger partial charge < -0.3 is 9.84 Å². The molecule has 2 rings (SSSR count). The van der Waals surface area contributed by atoms with E-state index in [4.69, 9.17) is 4.74 Å². The van der Waals surface area contributed by atoms with Gasteiger partial charge in [-0.25, -0.2) is 14.0 Å². The Morgan fingerprint density at radius 1 is 1.32 bits per heavy atom. The summed E-state index contributed by atoms with van der Waals surface area (Å²) in [5.74, 6) is -1.10. The normalized spacial score (nSPS) is 21.7. The number of rotatable bonds is 2. The Balaban J connectivity index is 2.32. The van der Waals surface area contributed by atoms with Crippen molar-refractivity contribution in [1.82, 2.24) is 4.90 Å². The van der Waals surface area contributed by atoms with Gasteiger partial charge in [-0.2, -0.15) is 0 Å². The van der Waals surface area contributed by atoms with Crippen LogP contribution in [0.25, 0.3) is 0 Å². The number of carboxylic acid groups (broad SMARTS) is 1. The van der Waals surface area contributed by atoms with Gasteiger partial charge >= 0.3 is 12.1 Å². The molecule has 1 aliphatic rings. The maximum atomic E-state index is 13.8. The van der Waals surface area contributed by atoms with Gasteiger partial charge in [-0.1, -0.05) is 18.2 Å². The zero-order chi connectivity index (χ0) is 16.5. The molecule has 1 heterocycles. The molecule has 2 atom stereocenters. The number of nitrogens with zero attached hydrogens (tertiary/aromatic N) is 1. The maximum Gasteiger partial charge on any atom is 0.410 e. The molecule has 0 aliphatic carbocycles. The number of hydrogen-bond donors (Lipinski definition) is 1. The summed E-state index contributed by atoms with van der Waals surface area (Å²) in [5.41, 5.74) is -0.182. The minimum Gasteiger partial charge on any atom is -0.478 e. The molecule has 0 aromatic heterocycles. The first kappa shape index (κ1) is 16.3. The number of benzene rings is 1. The summed E-state index contributed by atoms with van der Waals surface area (Å²) in [7, 11) is 0. The van der Waals surface area contributed by atoms with Crippen molar-refractivity contribution < 1.29 is 23.8 Å². The molecular weight excluding hydrogens is 289 g/mol. The third-order valence-corrected chi connectivity index (χ3v) is 3.43. The fourth-order valence-corrected chi connectivity index (χ4v) is 2.58. The Bertz CT molecular complexity index is 582. The van der Waals surface area contributed by atoms with Crippen LogP contribution in [-0.2, 0) is 4.74 Å². The lowest BCUT2D eigenvalue weighted by Gasteiger charge is -2.29. The van der Waals surface area contributed by atoms with Crippen LogP contribution in [0.3, 0.4) is 0 Å². The van der Waals surface area contributed by atoms with Gasteiger partial charge in [0.15, 0.2) is 0 Å². The zero-order valence-corrected chi connectivity index (χ0v) is 12.9.